The fourth-order valence-electron chi connectivity index (χ4n) is 2.64. The number of ether oxygens (including phenoxy) is 1. The quantitative estimate of drug-likeness (QED) is 0.527. The van der Waals surface area contributed by atoms with Crippen LogP contribution in [0.15, 0.2) is 77.8 Å². The summed E-state index contributed by atoms with van der Waals surface area (Å²) < 4.78 is 6.02. The Morgan fingerprint density at radius 1 is 0.929 bits per heavy atom. The van der Waals surface area contributed by atoms with E-state index in [9.17, 15) is 0 Å². The average Bonchev–Trinajstić information content (AvgIpc) is 2.74. The third-order valence-electron chi connectivity index (χ3n) is 4.20. The van der Waals surface area contributed by atoms with Crippen LogP contribution in [-0.2, 0) is 0 Å². The first kappa shape index (κ1) is 18.7. The molecule has 0 saturated carbocycles. The summed E-state index contributed by atoms with van der Waals surface area (Å²) in [4.78, 5) is 4.40. The van der Waals surface area contributed by atoms with E-state index in [0.29, 0.717) is 28.4 Å². The minimum Gasteiger partial charge on any atom is -0.486 e. The maximum absolute atomic E-state index is 8.90. The van der Waals surface area contributed by atoms with Gasteiger partial charge in [-0.1, -0.05) is 24.3 Å². The van der Waals surface area contributed by atoms with Crippen LogP contribution >= 0.6 is 0 Å². The molecule has 0 aliphatic rings. The lowest BCUT2D eigenvalue weighted by atomic mass is 10.1. The van der Waals surface area contributed by atoms with Crippen LogP contribution in [0.4, 0.5) is 5.69 Å². The Balaban J connectivity index is 1.76. The Kier molecular flexibility index (Phi) is 5.69. The van der Waals surface area contributed by atoms with Gasteiger partial charge >= 0.3 is 0 Å². The molecule has 136 valence electrons. The van der Waals surface area contributed by atoms with Gasteiger partial charge in [-0.05, 0) is 61.0 Å². The molecule has 0 heterocycles. The molecule has 0 bridgehead atoms. The van der Waals surface area contributed by atoms with E-state index in [4.69, 9.17) is 21.0 Å². The van der Waals surface area contributed by atoms with Crippen LogP contribution in [0.2, 0.25) is 0 Å². The lowest BCUT2D eigenvalue weighted by Gasteiger charge is -2.16. The average molecular weight is 366 g/mol. The summed E-state index contributed by atoms with van der Waals surface area (Å²) in [5.74, 6) is 1.04. The number of rotatable bonds is 5. The number of nitrogens with zero attached hydrogens (tertiary/aromatic N) is 3. The number of hydrogen-bond donors (Lipinski definition) is 1. The summed E-state index contributed by atoms with van der Waals surface area (Å²) in [5.41, 5.74) is 9.72. The molecule has 0 saturated heterocycles. The summed E-state index contributed by atoms with van der Waals surface area (Å²) in [6, 6.07) is 25.8. The molecule has 0 aromatic heterocycles. The van der Waals surface area contributed by atoms with Gasteiger partial charge in [0.2, 0.25) is 0 Å². The number of amidine groups is 1. The van der Waals surface area contributed by atoms with Crippen molar-refractivity contribution in [3.05, 3.63) is 95.1 Å². The van der Waals surface area contributed by atoms with E-state index in [2.05, 4.69) is 17.1 Å². The van der Waals surface area contributed by atoms with E-state index in [1.165, 1.54) is 0 Å². The third-order valence-corrected chi connectivity index (χ3v) is 4.20. The minimum atomic E-state index is -0.181. The van der Waals surface area contributed by atoms with Crippen molar-refractivity contribution in [2.24, 2.45) is 10.7 Å². The van der Waals surface area contributed by atoms with Gasteiger partial charge in [-0.15, -0.1) is 0 Å². The fourth-order valence-corrected chi connectivity index (χ4v) is 2.64. The maximum atomic E-state index is 8.90. The molecule has 3 aromatic rings. The number of aliphatic imine (C=N–C) groups is 1. The first-order chi connectivity index (χ1) is 13.6. The second-order valence-corrected chi connectivity index (χ2v) is 6.18. The molecule has 1 atom stereocenters. The highest BCUT2D eigenvalue weighted by atomic mass is 16.5. The second kappa shape index (κ2) is 8.53. The SMILES string of the molecule is CC(Oc1cccc(C(N)=Nc2ccc(C#N)cc2)c1)c1ccc(C#N)cc1. The molecule has 2 N–H and O–H groups in total. The van der Waals surface area contributed by atoms with Gasteiger partial charge < -0.3 is 10.5 Å². The van der Waals surface area contributed by atoms with E-state index in [-0.39, 0.29) is 6.10 Å². The van der Waals surface area contributed by atoms with Crippen LogP contribution in [-0.4, -0.2) is 5.84 Å². The molecule has 1 unspecified atom stereocenters. The van der Waals surface area contributed by atoms with Gasteiger partial charge in [-0.3, -0.25) is 0 Å². The van der Waals surface area contributed by atoms with Gasteiger partial charge in [0, 0.05) is 5.56 Å². The van der Waals surface area contributed by atoms with Gasteiger partial charge in [0.05, 0.1) is 29.0 Å². The molecule has 3 rings (SSSR count). The molecule has 0 fully saturated rings. The van der Waals surface area contributed by atoms with Gasteiger partial charge in [-0.25, -0.2) is 4.99 Å². The molecule has 0 radical (unpaired) electrons. The molecule has 0 amide bonds. The van der Waals surface area contributed by atoms with E-state index < -0.39 is 0 Å². The first-order valence-electron chi connectivity index (χ1n) is 8.70. The molecule has 5 heteroatoms. The normalized spacial score (nSPS) is 11.9. The third kappa shape index (κ3) is 4.55. The van der Waals surface area contributed by atoms with E-state index >= 15 is 0 Å². The molecule has 0 aliphatic heterocycles. The predicted molar refractivity (Wildman–Crippen MR) is 108 cm³/mol. The lowest BCUT2D eigenvalue weighted by molar-refractivity contribution is 0.227. The van der Waals surface area contributed by atoms with Gasteiger partial charge in [0.15, 0.2) is 0 Å². The maximum Gasteiger partial charge on any atom is 0.131 e. The van der Waals surface area contributed by atoms with Crippen molar-refractivity contribution < 1.29 is 4.74 Å². The van der Waals surface area contributed by atoms with Gasteiger partial charge in [0.1, 0.15) is 17.7 Å². The zero-order valence-corrected chi connectivity index (χ0v) is 15.3. The van der Waals surface area contributed by atoms with Gasteiger partial charge in [-0.2, -0.15) is 10.5 Å². The lowest BCUT2D eigenvalue weighted by Crippen LogP contribution is -2.13. The Labute approximate surface area is 164 Å². The van der Waals surface area contributed by atoms with E-state index in [0.717, 1.165) is 11.1 Å². The van der Waals surface area contributed by atoms with E-state index in [1.807, 2.05) is 43.3 Å². The topological polar surface area (TPSA) is 95.2 Å². The van der Waals surface area contributed by atoms with Crippen molar-refractivity contribution >= 4 is 11.5 Å². The van der Waals surface area contributed by atoms with Crippen molar-refractivity contribution in [2.75, 3.05) is 0 Å². The summed E-state index contributed by atoms with van der Waals surface area (Å²) in [7, 11) is 0. The van der Waals surface area contributed by atoms with Crippen LogP contribution in [0.5, 0.6) is 5.75 Å². The second-order valence-electron chi connectivity index (χ2n) is 6.18. The molecule has 0 aliphatic carbocycles. The molecule has 28 heavy (non-hydrogen) atoms. The van der Waals surface area contributed by atoms with Crippen LogP contribution in [0, 0.1) is 22.7 Å². The van der Waals surface area contributed by atoms with Crippen LogP contribution in [0.25, 0.3) is 0 Å². The van der Waals surface area contributed by atoms with Crippen molar-refractivity contribution in [1.29, 1.82) is 10.5 Å². The van der Waals surface area contributed by atoms with Gasteiger partial charge in [0.25, 0.3) is 0 Å². The van der Waals surface area contributed by atoms with Crippen LogP contribution in [0.3, 0.4) is 0 Å². The highest BCUT2D eigenvalue weighted by molar-refractivity contribution is 5.99. The number of benzene rings is 3. The molecule has 5 nitrogen and oxygen atoms in total. The monoisotopic (exact) mass is 366 g/mol. The van der Waals surface area contributed by atoms with Crippen LogP contribution < -0.4 is 10.5 Å². The summed E-state index contributed by atoms with van der Waals surface area (Å²) in [5, 5.41) is 17.8. The standard InChI is InChI=1S/C23H18N4O/c1-16(19-9-5-17(14-24)6-10-19)28-22-4-2-3-20(13-22)23(26)27-21-11-7-18(15-25)8-12-21/h2-13,16H,1H3,(H2,26,27). The van der Waals surface area contributed by atoms with Crippen molar-refractivity contribution in [2.45, 2.75) is 13.0 Å². The molecular formula is C23H18N4O. The largest absolute Gasteiger partial charge is 0.486 e. The minimum absolute atomic E-state index is 0.181. The molecule has 0 spiro atoms. The predicted octanol–water partition coefficient (Wildman–Crippen LogP) is 4.61. The summed E-state index contributed by atoms with van der Waals surface area (Å²) in [6.45, 7) is 1.95. The Morgan fingerprint density at radius 2 is 1.54 bits per heavy atom. The zero-order valence-electron chi connectivity index (χ0n) is 15.3. The number of nitrogens with two attached hydrogens (primary N) is 1. The van der Waals surface area contributed by atoms with Crippen molar-refractivity contribution in [3.8, 4) is 17.9 Å². The van der Waals surface area contributed by atoms with Crippen LogP contribution in [0.1, 0.15) is 35.3 Å². The Hall–Kier alpha value is -4.09. The molecular weight excluding hydrogens is 348 g/mol. The number of hydrogen-bond acceptors (Lipinski definition) is 4. The highest BCUT2D eigenvalue weighted by Crippen LogP contribution is 2.23. The highest BCUT2D eigenvalue weighted by Gasteiger charge is 2.09. The molecule has 3 aromatic carbocycles. The smallest absolute Gasteiger partial charge is 0.131 e. The number of nitriles is 2. The van der Waals surface area contributed by atoms with E-state index in [1.54, 1.807) is 36.4 Å². The zero-order chi connectivity index (χ0) is 19.9. The summed E-state index contributed by atoms with van der Waals surface area (Å²) in [6.07, 6.45) is -0.181. The Morgan fingerprint density at radius 3 is 2.14 bits per heavy atom. The fraction of sp³-hybridized carbons (Fsp3) is 0.0870. The summed E-state index contributed by atoms with van der Waals surface area (Å²) >= 11 is 0. The van der Waals surface area contributed by atoms with Crippen molar-refractivity contribution in [1.82, 2.24) is 0 Å². The Bertz CT molecular complexity index is 1070. The van der Waals surface area contributed by atoms with Crippen molar-refractivity contribution in [3.63, 3.8) is 0 Å². The first-order valence-corrected chi connectivity index (χ1v) is 8.70.